The average Bonchev–Trinajstić information content (AvgIpc) is 2.78. The highest BCUT2D eigenvalue weighted by Crippen LogP contribution is 2.24. The lowest BCUT2D eigenvalue weighted by atomic mass is 9.88. The maximum Gasteiger partial charge on any atom is 0.287 e. The van der Waals surface area contributed by atoms with Crippen LogP contribution in [0.3, 0.4) is 0 Å². The molecular formula is C11H26BN4O3S. The van der Waals surface area contributed by atoms with Gasteiger partial charge in [0, 0.05) is 39.3 Å². The van der Waals surface area contributed by atoms with Gasteiger partial charge in [-0.05, 0) is 19.4 Å². The SMILES string of the molecule is CNCCN(C)S(=O)(=O)N1C[C@H](CCC[B]O)[C@@H](N)C1. The van der Waals surface area contributed by atoms with E-state index in [1.54, 1.807) is 14.1 Å². The predicted molar refractivity (Wildman–Crippen MR) is 80.5 cm³/mol. The molecule has 0 aromatic rings. The summed E-state index contributed by atoms with van der Waals surface area (Å²) in [5.41, 5.74) is 6.04. The molecule has 0 spiro atoms. The molecule has 0 bridgehead atoms. The summed E-state index contributed by atoms with van der Waals surface area (Å²) in [6.45, 7) is 1.90. The second-order valence-corrected chi connectivity index (χ2v) is 7.32. The third-order valence-electron chi connectivity index (χ3n) is 3.76. The maximum absolute atomic E-state index is 12.4. The monoisotopic (exact) mass is 305 g/mol. The molecule has 20 heavy (non-hydrogen) atoms. The first-order valence-corrected chi connectivity index (χ1v) is 8.40. The summed E-state index contributed by atoms with van der Waals surface area (Å²) in [6, 6.07) is -0.124. The average molecular weight is 305 g/mol. The minimum Gasteiger partial charge on any atom is -0.454 e. The summed E-state index contributed by atoms with van der Waals surface area (Å²) >= 11 is 0. The van der Waals surface area contributed by atoms with Crippen molar-refractivity contribution in [2.24, 2.45) is 11.7 Å². The fourth-order valence-corrected chi connectivity index (χ4v) is 3.86. The lowest BCUT2D eigenvalue weighted by Gasteiger charge is -2.24. The zero-order chi connectivity index (χ0) is 15.2. The number of nitrogens with zero attached hydrogens (tertiary/aromatic N) is 2. The van der Waals surface area contributed by atoms with Crippen LogP contribution in [0.25, 0.3) is 0 Å². The molecule has 1 heterocycles. The van der Waals surface area contributed by atoms with Gasteiger partial charge in [0.05, 0.1) is 0 Å². The van der Waals surface area contributed by atoms with Crippen molar-refractivity contribution in [3.05, 3.63) is 0 Å². The van der Waals surface area contributed by atoms with Crippen LogP contribution in [0.1, 0.15) is 12.8 Å². The molecule has 0 aromatic carbocycles. The van der Waals surface area contributed by atoms with Crippen LogP contribution in [0, 0.1) is 5.92 Å². The Kier molecular flexibility index (Phi) is 7.42. The standard InChI is InChI=1S/C11H26BN4O3S/c1-14-6-7-15(2)20(18,19)16-8-10(11(13)9-16)4-3-5-12-17/h10-11,14,17H,3-9,13H2,1-2H3/t10-,11-/m0/s1. The number of hydrogen-bond acceptors (Lipinski definition) is 5. The fraction of sp³-hybridized carbons (Fsp3) is 1.00. The van der Waals surface area contributed by atoms with Gasteiger partial charge < -0.3 is 16.1 Å². The van der Waals surface area contributed by atoms with Crippen molar-refractivity contribution < 1.29 is 13.4 Å². The van der Waals surface area contributed by atoms with Crippen LogP contribution in [0.2, 0.25) is 6.32 Å². The van der Waals surface area contributed by atoms with Crippen molar-refractivity contribution in [3.8, 4) is 0 Å². The van der Waals surface area contributed by atoms with E-state index in [2.05, 4.69) is 5.32 Å². The predicted octanol–water partition coefficient (Wildman–Crippen LogP) is -1.55. The van der Waals surface area contributed by atoms with Gasteiger partial charge in [-0.25, -0.2) is 0 Å². The molecule has 4 N–H and O–H groups in total. The van der Waals surface area contributed by atoms with Crippen molar-refractivity contribution >= 4 is 17.7 Å². The molecule has 0 amide bonds. The second kappa shape index (κ2) is 8.30. The Hall–Kier alpha value is -0.185. The zero-order valence-electron chi connectivity index (χ0n) is 12.3. The van der Waals surface area contributed by atoms with E-state index in [0.29, 0.717) is 32.5 Å². The Labute approximate surface area is 123 Å². The van der Waals surface area contributed by atoms with Crippen LogP contribution in [0.5, 0.6) is 0 Å². The molecular weight excluding hydrogens is 279 g/mol. The van der Waals surface area contributed by atoms with Gasteiger partial charge in [-0.1, -0.05) is 12.7 Å². The molecule has 9 heteroatoms. The van der Waals surface area contributed by atoms with E-state index in [1.807, 2.05) is 0 Å². The number of hydrogen-bond donors (Lipinski definition) is 3. The molecule has 1 fully saturated rings. The lowest BCUT2D eigenvalue weighted by Crippen LogP contribution is -2.43. The van der Waals surface area contributed by atoms with Crippen molar-refractivity contribution in [1.82, 2.24) is 13.9 Å². The normalized spacial score (nSPS) is 24.4. The minimum atomic E-state index is -3.42. The van der Waals surface area contributed by atoms with Crippen LogP contribution < -0.4 is 11.1 Å². The number of nitrogens with one attached hydrogen (secondary N) is 1. The maximum atomic E-state index is 12.4. The van der Waals surface area contributed by atoms with Crippen LogP contribution in [0.4, 0.5) is 0 Å². The van der Waals surface area contributed by atoms with E-state index in [-0.39, 0.29) is 12.0 Å². The third-order valence-corrected chi connectivity index (χ3v) is 5.68. The molecule has 7 nitrogen and oxygen atoms in total. The van der Waals surface area contributed by atoms with Gasteiger partial charge in [-0.2, -0.15) is 17.0 Å². The van der Waals surface area contributed by atoms with Gasteiger partial charge in [0.25, 0.3) is 17.7 Å². The molecule has 0 aliphatic carbocycles. The van der Waals surface area contributed by atoms with E-state index in [1.165, 1.54) is 8.61 Å². The quantitative estimate of drug-likeness (QED) is 0.354. The Morgan fingerprint density at radius 1 is 1.50 bits per heavy atom. The van der Waals surface area contributed by atoms with Crippen LogP contribution in [-0.4, -0.2) is 75.9 Å². The number of likely N-dealkylation sites (N-methyl/N-ethyl adjacent to an activating group) is 2. The summed E-state index contributed by atoms with van der Waals surface area (Å²) in [5.74, 6) is 0.169. The molecule has 1 rings (SSSR count). The van der Waals surface area contributed by atoms with Gasteiger partial charge >= 0.3 is 0 Å². The molecule has 1 aliphatic rings. The van der Waals surface area contributed by atoms with E-state index < -0.39 is 10.2 Å². The first kappa shape index (κ1) is 17.9. The molecule has 1 saturated heterocycles. The van der Waals surface area contributed by atoms with Gasteiger partial charge in [-0.15, -0.1) is 0 Å². The van der Waals surface area contributed by atoms with Crippen LogP contribution in [-0.2, 0) is 10.2 Å². The summed E-state index contributed by atoms with van der Waals surface area (Å²) in [5, 5.41) is 11.6. The summed E-state index contributed by atoms with van der Waals surface area (Å²) in [6.07, 6.45) is 2.29. The Bertz CT molecular complexity index is 382. The highest BCUT2D eigenvalue weighted by molar-refractivity contribution is 7.86. The van der Waals surface area contributed by atoms with Gasteiger partial charge in [-0.3, -0.25) is 0 Å². The molecule has 117 valence electrons. The minimum absolute atomic E-state index is 0.124. The van der Waals surface area contributed by atoms with Crippen LogP contribution in [0.15, 0.2) is 0 Å². The molecule has 1 radical (unpaired) electrons. The zero-order valence-corrected chi connectivity index (χ0v) is 13.1. The van der Waals surface area contributed by atoms with E-state index in [0.717, 1.165) is 20.3 Å². The fourth-order valence-electron chi connectivity index (χ4n) is 2.40. The highest BCUT2D eigenvalue weighted by Gasteiger charge is 2.38. The Balaban J connectivity index is 2.55. The molecule has 1 aliphatic heterocycles. The summed E-state index contributed by atoms with van der Waals surface area (Å²) < 4.78 is 27.6. The van der Waals surface area contributed by atoms with E-state index in [4.69, 9.17) is 10.8 Å². The number of nitrogens with two attached hydrogens (primary N) is 1. The summed E-state index contributed by atoms with van der Waals surface area (Å²) in [7, 11) is 1.10. The van der Waals surface area contributed by atoms with Gasteiger partial charge in [0.1, 0.15) is 0 Å². The van der Waals surface area contributed by atoms with E-state index in [9.17, 15) is 8.42 Å². The second-order valence-electron chi connectivity index (χ2n) is 5.29. The number of rotatable bonds is 9. The largest absolute Gasteiger partial charge is 0.454 e. The van der Waals surface area contributed by atoms with E-state index >= 15 is 0 Å². The highest BCUT2D eigenvalue weighted by atomic mass is 32.2. The van der Waals surface area contributed by atoms with Crippen LogP contribution >= 0.6 is 0 Å². The van der Waals surface area contributed by atoms with Crippen molar-refractivity contribution in [2.45, 2.75) is 25.2 Å². The van der Waals surface area contributed by atoms with Crippen molar-refractivity contribution in [2.75, 3.05) is 40.3 Å². The Morgan fingerprint density at radius 3 is 2.80 bits per heavy atom. The smallest absolute Gasteiger partial charge is 0.287 e. The van der Waals surface area contributed by atoms with Crippen molar-refractivity contribution in [1.29, 1.82) is 0 Å². The van der Waals surface area contributed by atoms with Gasteiger partial charge in [0.15, 0.2) is 0 Å². The third kappa shape index (κ3) is 4.68. The van der Waals surface area contributed by atoms with Crippen molar-refractivity contribution in [3.63, 3.8) is 0 Å². The molecule has 0 aromatic heterocycles. The molecule has 2 atom stereocenters. The molecule has 0 unspecified atom stereocenters. The lowest BCUT2D eigenvalue weighted by molar-refractivity contribution is 0.382. The first-order valence-electron chi connectivity index (χ1n) is 7.01. The first-order chi connectivity index (χ1) is 9.43. The topological polar surface area (TPSA) is 98.9 Å². The van der Waals surface area contributed by atoms with Gasteiger partial charge in [0.2, 0.25) is 0 Å². The Morgan fingerprint density at radius 2 is 2.20 bits per heavy atom. The summed E-state index contributed by atoms with van der Waals surface area (Å²) in [4.78, 5) is 0. The molecule has 0 saturated carbocycles.